The minimum atomic E-state index is -0.759. The van der Waals surface area contributed by atoms with Crippen molar-refractivity contribution in [2.75, 3.05) is 26.3 Å². The minimum absolute atomic E-state index is 0.0484. The Balaban J connectivity index is 1.66. The first-order valence-electron chi connectivity index (χ1n) is 9.15. The molecule has 2 atom stereocenters. The van der Waals surface area contributed by atoms with Gasteiger partial charge in [-0.1, -0.05) is 12.2 Å². The maximum atomic E-state index is 12.7. The second kappa shape index (κ2) is 8.61. The van der Waals surface area contributed by atoms with E-state index in [9.17, 15) is 19.5 Å². The molecule has 2 unspecified atom stereocenters. The SMILES string of the molecule is CCOC(=O)COc1ccc(O)c(C(=O)CN2C=C3C=CC(C#N)C(=O)C3C2)c1. The zero-order valence-electron chi connectivity index (χ0n) is 15.8. The van der Waals surface area contributed by atoms with Crippen LogP contribution in [0.4, 0.5) is 0 Å². The Morgan fingerprint density at radius 3 is 2.90 bits per heavy atom. The van der Waals surface area contributed by atoms with E-state index in [0.29, 0.717) is 6.54 Å². The smallest absolute Gasteiger partial charge is 0.344 e. The Hall–Kier alpha value is -3.60. The van der Waals surface area contributed by atoms with Crippen LogP contribution in [0.25, 0.3) is 0 Å². The van der Waals surface area contributed by atoms with Gasteiger partial charge in [-0.15, -0.1) is 0 Å². The summed E-state index contributed by atoms with van der Waals surface area (Å²) in [6.07, 6.45) is 5.03. The quantitative estimate of drug-likeness (QED) is 0.546. The first-order valence-corrected chi connectivity index (χ1v) is 9.15. The highest BCUT2D eigenvalue weighted by Gasteiger charge is 2.36. The fourth-order valence-electron chi connectivity index (χ4n) is 3.29. The highest BCUT2D eigenvalue weighted by molar-refractivity contribution is 6.00. The number of rotatable bonds is 7. The summed E-state index contributed by atoms with van der Waals surface area (Å²) in [4.78, 5) is 38.1. The molecule has 0 aromatic heterocycles. The molecule has 1 aromatic carbocycles. The summed E-state index contributed by atoms with van der Waals surface area (Å²) >= 11 is 0. The lowest BCUT2D eigenvalue weighted by molar-refractivity contribution is -0.145. The Morgan fingerprint density at radius 2 is 2.17 bits per heavy atom. The van der Waals surface area contributed by atoms with Crippen LogP contribution in [0, 0.1) is 23.2 Å². The molecule has 3 rings (SSSR count). The number of carbonyl (C=O) groups excluding carboxylic acids is 3. The zero-order chi connectivity index (χ0) is 21.0. The standard InChI is InChI=1S/C21H20N2O6/c1-2-28-20(26)12-29-15-5-6-18(24)16(7-15)19(25)11-23-9-14-4-3-13(8-22)21(27)17(14)10-23/h3-7,9,13,17,24H,2,10-12H2,1H3. The minimum Gasteiger partial charge on any atom is -0.507 e. The van der Waals surface area contributed by atoms with E-state index >= 15 is 0 Å². The molecule has 1 aromatic rings. The maximum absolute atomic E-state index is 12.7. The number of nitrogens with zero attached hydrogens (tertiary/aromatic N) is 2. The van der Waals surface area contributed by atoms with E-state index in [1.807, 2.05) is 6.07 Å². The van der Waals surface area contributed by atoms with Gasteiger partial charge in [0.15, 0.2) is 18.2 Å². The van der Waals surface area contributed by atoms with Crippen molar-refractivity contribution >= 4 is 17.5 Å². The number of fused-ring (bicyclic) bond motifs is 1. The molecule has 0 spiro atoms. The van der Waals surface area contributed by atoms with Crippen LogP contribution in [-0.4, -0.2) is 53.8 Å². The number of nitriles is 1. The summed E-state index contributed by atoms with van der Waals surface area (Å²) in [5.41, 5.74) is 0.821. The van der Waals surface area contributed by atoms with Crippen molar-refractivity contribution in [3.8, 4) is 17.6 Å². The number of allylic oxidation sites excluding steroid dienone is 2. The van der Waals surface area contributed by atoms with Crippen molar-refractivity contribution in [3.63, 3.8) is 0 Å². The van der Waals surface area contributed by atoms with Crippen LogP contribution < -0.4 is 4.74 Å². The van der Waals surface area contributed by atoms with Crippen molar-refractivity contribution in [2.24, 2.45) is 11.8 Å². The van der Waals surface area contributed by atoms with E-state index < -0.39 is 17.8 Å². The van der Waals surface area contributed by atoms with Gasteiger partial charge in [-0.05, 0) is 30.7 Å². The molecule has 2 aliphatic rings. The predicted octanol–water partition coefficient (Wildman–Crippen LogP) is 1.61. The van der Waals surface area contributed by atoms with Gasteiger partial charge in [-0.25, -0.2) is 4.79 Å². The molecule has 0 radical (unpaired) electrons. The van der Waals surface area contributed by atoms with E-state index in [2.05, 4.69) is 0 Å². The van der Waals surface area contributed by atoms with Gasteiger partial charge in [0.05, 0.1) is 30.7 Å². The Morgan fingerprint density at radius 1 is 1.38 bits per heavy atom. The van der Waals surface area contributed by atoms with Crippen molar-refractivity contribution in [1.29, 1.82) is 5.26 Å². The van der Waals surface area contributed by atoms with Gasteiger partial charge in [0.25, 0.3) is 0 Å². The number of ketones is 2. The predicted molar refractivity (Wildman–Crippen MR) is 101 cm³/mol. The highest BCUT2D eigenvalue weighted by Crippen LogP contribution is 2.31. The van der Waals surface area contributed by atoms with E-state index in [1.54, 1.807) is 30.2 Å². The summed E-state index contributed by atoms with van der Waals surface area (Å²) in [6.45, 7) is 1.87. The number of carbonyl (C=O) groups is 3. The number of esters is 1. The molecule has 0 amide bonds. The molecule has 1 heterocycles. The van der Waals surface area contributed by atoms with E-state index in [0.717, 1.165) is 5.57 Å². The summed E-state index contributed by atoms with van der Waals surface area (Å²) < 4.78 is 10.1. The molecule has 0 bridgehead atoms. The van der Waals surface area contributed by atoms with Crippen LogP contribution >= 0.6 is 0 Å². The third kappa shape index (κ3) is 4.46. The highest BCUT2D eigenvalue weighted by atomic mass is 16.6. The summed E-state index contributed by atoms with van der Waals surface area (Å²) in [5, 5.41) is 19.1. The van der Waals surface area contributed by atoms with Crippen LogP contribution in [0.15, 0.2) is 42.1 Å². The second-order valence-corrected chi connectivity index (χ2v) is 6.68. The number of hydrogen-bond donors (Lipinski definition) is 1. The average molecular weight is 396 g/mol. The van der Waals surface area contributed by atoms with Crippen LogP contribution in [0.3, 0.4) is 0 Å². The van der Waals surface area contributed by atoms with E-state index in [4.69, 9.17) is 14.7 Å². The third-order valence-electron chi connectivity index (χ3n) is 4.70. The maximum Gasteiger partial charge on any atom is 0.344 e. The lowest BCUT2D eigenvalue weighted by Gasteiger charge is -2.19. The molecule has 29 heavy (non-hydrogen) atoms. The number of phenols is 1. The number of Topliss-reactive ketones (excluding diaryl/α,β-unsaturated/α-hetero) is 2. The Bertz CT molecular complexity index is 943. The molecule has 8 nitrogen and oxygen atoms in total. The van der Waals surface area contributed by atoms with Crippen molar-refractivity contribution in [3.05, 3.63) is 47.7 Å². The second-order valence-electron chi connectivity index (χ2n) is 6.68. The number of ether oxygens (including phenoxy) is 2. The van der Waals surface area contributed by atoms with Crippen LogP contribution in [0.1, 0.15) is 17.3 Å². The van der Waals surface area contributed by atoms with Crippen LogP contribution in [0.5, 0.6) is 11.5 Å². The molecule has 0 saturated heterocycles. The van der Waals surface area contributed by atoms with Crippen LogP contribution in [0.2, 0.25) is 0 Å². The fraction of sp³-hybridized carbons (Fsp3) is 0.333. The van der Waals surface area contributed by atoms with Gasteiger partial charge >= 0.3 is 5.97 Å². The lowest BCUT2D eigenvalue weighted by Crippen LogP contribution is -2.31. The molecule has 1 aliphatic heterocycles. The van der Waals surface area contributed by atoms with E-state index in [1.165, 1.54) is 18.2 Å². The largest absolute Gasteiger partial charge is 0.507 e. The Labute approximate surface area is 167 Å². The van der Waals surface area contributed by atoms with Gasteiger partial charge in [0.2, 0.25) is 0 Å². The first kappa shape index (κ1) is 20.1. The molecule has 150 valence electrons. The molecular formula is C21H20N2O6. The molecule has 1 N–H and O–H groups in total. The number of hydrogen-bond acceptors (Lipinski definition) is 8. The van der Waals surface area contributed by atoms with Crippen LogP contribution in [-0.2, 0) is 14.3 Å². The molecule has 1 aliphatic carbocycles. The topological polar surface area (TPSA) is 117 Å². The van der Waals surface area contributed by atoms with Gasteiger partial charge in [-0.2, -0.15) is 5.26 Å². The number of aromatic hydroxyl groups is 1. The molecule has 0 fully saturated rings. The number of phenolic OH excluding ortho intramolecular Hbond substituents is 1. The van der Waals surface area contributed by atoms with Gasteiger partial charge in [0.1, 0.15) is 17.4 Å². The van der Waals surface area contributed by atoms with Gasteiger partial charge in [0, 0.05) is 12.7 Å². The Kier molecular flexibility index (Phi) is 5.98. The number of benzene rings is 1. The van der Waals surface area contributed by atoms with Crippen molar-refractivity contribution in [1.82, 2.24) is 4.90 Å². The molecule has 0 saturated carbocycles. The normalized spacial score (nSPS) is 19.9. The summed E-state index contributed by atoms with van der Waals surface area (Å²) in [5.74, 6) is -2.21. The summed E-state index contributed by atoms with van der Waals surface area (Å²) in [6, 6.07) is 6.09. The summed E-state index contributed by atoms with van der Waals surface area (Å²) in [7, 11) is 0. The van der Waals surface area contributed by atoms with Crippen molar-refractivity contribution < 1.29 is 29.0 Å². The zero-order valence-corrected chi connectivity index (χ0v) is 15.8. The average Bonchev–Trinajstić information content (AvgIpc) is 3.11. The van der Waals surface area contributed by atoms with E-state index in [-0.39, 0.29) is 48.4 Å². The molecule has 8 heteroatoms. The van der Waals surface area contributed by atoms with Crippen molar-refractivity contribution in [2.45, 2.75) is 6.92 Å². The lowest BCUT2D eigenvalue weighted by atomic mass is 9.84. The monoisotopic (exact) mass is 396 g/mol. The third-order valence-corrected chi connectivity index (χ3v) is 4.70. The first-order chi connectivity index (χ1) is 13.9. The molecular weight excluding hydrogens is 376 g/mol. The fourth-order valence-corrected chi connectivity index (χ4v) is 3.29. The van der Waals surface area contributed by atoms with Gasteiger partial charge < -0.3 is 19.5 Å². The van der Waals surface area contributed by atoms with Gasteiger partial charge in [-0.3, -0.25) is 9.59 Å².